The smallest absolute Gasteiger partial charge is 0.416 e. The SMILES string of the molecule is CCP(=O)(ON=C(C(=O)OC)c1ccccc1)c1cc(Oc2ccc(C(F)(F)F)cc2Cl)ccc1[N+](=O)[O-]. The summed E-state index contributed by atoms with van der Waals surface area (Å²) < 4.78 is 68.1. The molecule has 0 saturated heterocycles. The van der Waals surface area contributed by atoms with Crippen LogP contribution in [0.5, 0.6) is 11.5 Å². The topological polar surface area (TPSA) is 117 Å². The maximum atomic E-state index is 13.8. The maximum absolute atomic E-state index is 13.8. The number of benzene rings is 3. The molecule has 200 valence electrons. The number of oxime groups is 1. The van der Waals surface area contributed by atoms with Crippen molar-refractivity contribution in [2.24, 2.45) is 5.16 Å². The van der Waals surface area contributed by atoms with E-state index < -0.39 is 41.0 Å². The third kappa shape index (κ3) is 6.51. The van der Waals surface area contributed by atoms with Gasteiger partial charge in [0.25, 0.3) is 5.69 Å². The Morgan fingerprint density at radius 2 is 1.79 bits per heavy atom. The van der Waals surface area contributed by atoms with Crippen molar-refractivity contribution < 1.29 is 41.6 Å². The Morgan fingerprint density at radius 3 is 2.34 bits per heavy atom. The molecule has 0 fully saturated rings. The Balaban J connectivity index is 2.04. The molecule has 0 bridgehead atoms. The highest BCUT2D eigenvalue weighted by molar-refractivity contribution is 7.67. The number of rotatable bonds is 9. The van der Waals surface area contributed by atoms with Crippen LogP contribution < -0.4 is 10.0 Å². The number of hydrogen-bond acceptors (Lipinski definition) is 8. The fraction of sp³-hybridized carbons (Fsp3) is 0.167. The highest BCUT2D eigenvalue weighted by Crippen LogP contribution is 2.49. The third-order valence-corrected chi connectivity index (χ3v) is 7.67. The number of ether oxygens (including phenoxy) is 2. The van der Waals surface area contributed by atoms with Crippen LogP contribution in [-0.4, -0.2) is 29.9 Å². The zero-order chi connectivity index (χ0) is 28.1. The van der Waals surface area contributed by atoms with E-state index in [0.717, 1.165) is 37.4 Å². The lowest BCUT2D eigenvalue weighted by Gasteiger charge is -2.17. The molecule has 0 saturated carbocycles. The number of hydrogen-bond donors (Lipinski definition) is 0. The van der Waals surface area contributed by atoms with Crippen molar-refractivity contribution >= 4 is 41.6 Å². The molecule has 0 N–H and O–H groups in total. The molecule has 0 aliphatic heterocycles. The molecule has 1 unspecified atom stereocenters. The summed E-state index contributed by atoms with van der Waals surface area (Å²) in [5.74, 6) is -1.20. The van der Waals surface area contributed by atoms with Crippen molar-refractivity contribution in [1.82, 2.24) is 0 Å². The summed E-state index contributed by atoms with van der Waals surface area (Å²) in [6.07, 6.45) is -4.90. The van der Waals surface area contributed by atoms with E-state index in [1.54, 1.807) is 18.2 Å². The first kappa shape index (κ1) is 28.7. The van der Waals surface area contributed by atoms with Gasteiger partial charge in [0.2, 0.25) is 0 Å². The Bertz CT molecular complexity index is 1430. The molecule has 0 aliphatic carbocycles. The minimum atomic E-state index is -4.63. The van der Waals surface area contributed by atoms with E-state index in [0.29, 0.717) is 6.07 Å². The second kappa shape index (κ2) is 11.7. The second-order valence-corrected chi connectivity index (χ2v) is 10.6. The molecule has 3 rings (SSSR count). The summed E-state index contributed by atoms with van der Waals surface area (Å²) in [5.41, 5.74) is -1.63. The van der Waals surface area contributed by atoms with Crippen LogP contribution in [0, 0.1) is 10.1 Å². The summed E-state index contributed by atoms with van der Waals surface area (Å²) in [5, 5.41) is 14.7. The Morgan fingerprint density at radius 1 is 1.11 bits per heavy atom. The quantitative estimate of drug-likeness (QED) is 0.0938. The molecule has 38 heavy (non-hydrogen) atoms. The first-order chi connectivity index (χ1) is 17.9. The number of alkyl halides is 3. The van der Waals surface area contributed by atoms with Crippen LogP contribution >= 0.6 is 19.0 Å². The van der Waals surface area contributed by atoms with E-state index in [2.05, 4.69) is 5.16 Å². The molecular formula is C24H19ClF3N2O7P. The van der Waals surface area contributed by atoms with Crippen LogP contribution in [0.1, 0.15) is 18.1 Å². The van der Waals surface area contributed by atoms with Crippen molar-refractivity contribution in [2.75, 3.05) is 13.3 Å². The number of carbonyl (C=O) groups is 1. The largest absolute Gasteiger partial charge is 0.464 e. The summed E-state index contributed by atoms with van der Waals surface area (Å²) in [4.78, 5) is 23.2. The summed E-state index contributed by atoms with van der Waals surface area (Å²) in [6.45, 7) is 1.43. The number of nitro benzene ring substituents is 1. The lowest BCUT2D eigenvalue weighted by atomic mass is 10.1. The molecule has 0 heterocycles. The number of esters is 1. The van der Waals surface area contributed by atoms with E-state index >= 15 is 0 Å². The standard InChI is InChI=1S/C24H19ClF3N2O7P/c1-3-38(34,37-29-22(23(31)35-2)15-7-5-4-6-8-15)21-14-17(10-11-19(21)30(32)33)36-20-12-9-16(13-18(20)25)24(26,27)28/h4-14H,3H2,1-2H3. The Labute approximate surface area is 219 Å². The molecule has 0 amide bonds. The van der Waals surface area contributed by atoms with Crippen LogP contribution in [0.25, 0.3) is 0 Å². The van der Waals surface area contributed by atoms with Gasteiger partial charge in [-0.25, -0.2) is 4.79 Å². The molecule has 14 heteroatoms. The average molecular weight is 571 g/mol. The van der Waals surface area contributed by atoms with Gasteiger partial charge in [0, 0.05) is 23.9 Å². The highest BCUT2D eigenvalue weighted by Gasteiger charge is 2.35. The molecule has 1 atom stereocenters. The molecule has 0 radical (unpaired) electrons. The second-order valence-electron chi connectivity index (χ2n) is 7.52. The van der Waals surface area contributed by atoms with Crippen molar-refractivity contribution in [3.8, 4) is 11.5 Å². The zero-order valence-electron chi connectivity index (χ0n) is 19.8. The normalized spacial score (nSPS) is 13.4. The summed E-state index contributed by atoms with van der Waals surface area (Å²) in [7, 11) is -3.03. The molecule has 9 nitrogen and oxygen atoms in total. The van der Waals surface area contributed by atoms with Gasteiger partial charge in [-0.15, -0.1) is 0 Å². The van der Waals surface area contributed by atoms with E-state index in [1.165, 1.54) is 19.1 Å². The number of nitro groups is 1. The van der Waals surface area contributed by atoms with E-state index in [-0.39, 0.29) is 34.0 Å². The summed E-state index contributed by atoms with van der Waals surface area (Å²) in [6, 6.07) is 13.6. The minimum absolute atomic E-state index is 0.121. The number of carbonyl (C=O) groups excluding carboxylic acids is 1. The van der Waals surface area contributed by atoms with Crippen LogP contribution in [0.2, 0.25) is 5.02 Å². The lowest BCUT2D eigenvalue weighted by molar-refractivity contribution is -0.383. The van der Waals surface area contributed by atoms with Gasteiger partial charge in [-0.05, 0) is 24.3 Å². The predicted molar refractivity (Wildman–Crippen MR) is 133 cm³/mol. The van der Waals surface area contributed by atoms with Crippen LogP contribution in [0.15, 0.2) is 71.9 Å². The van der Waals surface area contributed by atoms with Gasteiger partial charge in [0.05, 0.1) is 22.6 Å². The molecule has 3 aromatic carbocycles. The van der Waals surface area contributed by atoms with Crippen LogP contribution in [0.4, 0.5) is 18.9 Å². The zero-order valence-corrected chi connectivity index (χ0v) is 21.4. The van der Waals surface area contributed by atoms with Crippen molar-refractivity contribution in [3.63, 3.8) is 0 Å². The van der Waals surface area contributed by atoms with Crippen LogP contribution in [-0.2, 0) is 24.9 Å². The molecule has 3 aromatic rings. The van der Waals surface area contributed by atoms with Crippen molar-refractivity contribution in [2.45, 2.75) is 13.1 Å². The number of methoxy groups -OCH3 is 1. The molecule has 0 spiro atoms. The van der Waals surface area contributed by atoms with Gasteiger partial charge in [-0.2, -0.15) is 13.2 Å². The maximum Gasteiger partial charge on any atom is 0.416 e. The van der Waals surface area contributed by atoms with Crippen molar-refractivity contribution in [1.29, 1.82) is 0 Å². The van der Waals surface area contributed by atoms with Gasteiger partial charge in [0.15, 0.2) is 5.71 Å². The van der Waals surface area contributed by atoms with E-state index in [1.807, 2.05) is 0 Å². The fourth-order valence-corrected chi connectivity index (χ4v) is 4.97. The minimum Gasteiger partial charge on any atom is -0.464 e. The molecular weight excluding hydrogens is 552 g/mol. The third-order valence-electron chi connectivity index (χ3n) is 5.10. The first-order valence-corrected chi connectivity index (χ1v) is 12.9. The average Bonchev–Trinajstić information content (AvgIpc) is 2.89. The fourth-order valence-electron chi connectivity index (χ4n) is 3.16. The first-order valence-electron chi connectivity index (χ1n) is 10.7. The molecule has 0 aromatic heterocycles. The van der Waals surface area contributed by atoms with Gasteiger partial charge < -0.3 is 14.1 Å². The van der Waals surface area contributed by atoms with Gasteiger partial charge in [0.1, 0.15) is 16.8 Å². The summed E-state index contributed by atoms with van der Waals surface area (Å²) >= 11 is 5.94. The van der Waals surface area contributed by atoms with Crippen LogP contribution in [0.3, 0.4) is 0 Å². The van der Waals surface area contributed by atoms with E-state index in [4.69, 9.17) is 25.7 Å². The monoisotopic (exact) mass is 570 g/mol. The van der Waals surface area contributed by atoms with Gasteiger partial charge >= 0.3 is 19.5 Å². The van der Waals surface area contributed by atoms with E-state index in [9.17, 15) is 32.6 Å². The number of nitrogens with zero attached hydrogens (tertiary/aromatic N) is 2. The number of halogens is 4. The van der Waals surface area contributed by atoms with Gasteiger partial charge in [-0.3, -0.25) is 14.7 Å². The molecule has 0 aliphatic rings. The Kier molecular flexibility index (Phi) is 8.80. The lowest BCUT2D eigenvalue weighted by Crippen LogP contribution is -2.19. The van der Waals surface area contributed by atoms with Gasteiger partial charge in [-0.1, -0.05) is 54.0 Å². The highest BCUT2D eigenvalue weighted by atomic mass is 35.5. The van der Waals surface area contributed by atoms with Crippen molar-refractivity contribution in [3.05, 3.63) is 93.0 Å². The predicted octanol–water partition coefficient (Wildman–Crippen LogP) is 6.58. The Hall–Kier alpha value is -3.89.